The van der Waals surface area contributed by atoms with Crippen molar-refractivity contribution in [3.8, 4) is 0 Å². The van der Waals surface area contributed by atoms with E-state index in [-0.39, 0.29) is 12.4 Å². The van der Waals surface area contributed by atoms with E-state index in [4.69, 9.17) is 23.2 Å². The van der Waals surface area contributed by atoms with Crippen LogP contribution in [0.15, 0.2) is 18.2 Å². The Labute approximate surface area is 124 Å². The van der Waals surface area contributed by atoms with E-state index in [9.17, 15) is 0 Å². The van der Waals surface area contributed by atoms with Gasteiger partial charge >= 0.3 is 0 Å². The average Bonchev–Trinajstić information content (AvgIpc) is 2.75. The summed E-state index contributed by atoms with van der Waals surface area (Å²) in [7, 11) is 0. The Morgan fingerprint density at radius 3 is 2.17 bits per heavy atom. The van der Waals surface area contributed by atoms with Crippen molar-refractivity contribution in [3.63, 3.8) is 0 Å². The van der Waals surface area contributed by atoms with Crippen LogP contribution >= 0.6 is 35.6 Å². The maximum absolute atomic E-state index is 6.02. The van der Waals surface area contributed by atoms with Crippen LogP contribution in [0.2, 0.25) is 10.0 Å². The third-order valence-corrected chi connectivity index (χ3v) is 4.23. The first kappa shape index (κ1) is 14.4. The van der Waals surface area contributed by atoms with Crippen LogP contribution in [0, 0.1) is 11.8 Å². The van der Waals surface area contributed by atoms with Gasteiger partial charge in [0.05, 0.1) is 0 Å². The predicted molar refractivity (Wildman–Crippen MR) is 78.8 cm³/mol. The number of halogens is 3. The molecule has 2 aliphatic heterocycles. The Bertz CT molecular complexity index is 392. The van der Waals surface area contributed by atoms with Crippen molar-refractivity contribution in [2.45, 2.75) is 6.54 Å². The molecule has 3 rings (SSSR count). The number of rotatable bonds is 2. The molecular formula is C13H17Cl3N2. The van der Waals surface area contributed by atoms with Gasteiger partial charge < -0.3 is 5.32 Å². The minimum Gasteiger partial charge on any atom is -0.316 e. The van der Waals surface area contributed by atoms with Gasteiger partial charge in [0.1, 0.15) is 0 Å². The molecule has 0 radical (unpaired) electrons. The SMILES string of the molecule is Cl.Clc1cc(Cl)cc(CN2C[C@H]3CNC[C@H]3C2)c1. The number of nitrogens with one attached hydrogen (secondary N) is 1. The summed E-state index contributed by atoms with van der Waals surface area (Å²) in [5.74, 6) is 1.68. The normalized spacial score (nSPS) is 27.0. The monoisotopic (exact) mass is 306 g/mol. The number of benzene rings is 1. The van der Waals surface area contributed by atoms with Crippen molar-refractivity contribution in [3.05, 3.63) is 33.8 Å². The maximum atomic E-state index is 6.02. The Balaban J connectivity index is 0.00000120. The van der Waals surface area contributed by atoms with E-state index in [1.807, 2.05) is 12.1 Å². The summed E-state index contributed by atoms with van der Waals surface area (Å²) in [6, 6.07) is 5.81. The van der Waals surface area contributed by atoms with Gasteiger partial charge in [-0.15, -0.1) is 12.4 Å². The quantitative estimate of drug-likeness (QED) is 0.903. The lowest BCUT2D eigenvalue weighted by atomic mass is 10.0. The van der Waals surface area contributed by atoms with E-state index in [0.717, 1.165) is 28.4 Å². The van der Waals surface area contributed by atoms with E-state index in [1.165, 1.54) is 31.7 Å². The van der Waals surface area contributed by atoms with Crippen LogP contribution in [0.1, 0.15) is 5.56 Å². The molecule has 18 heavy (non-hydrogen) atoms. The molecule has 0 amide bonds. The zero-order valence-electron chi connectivity index (χ0n) is 10.0. The van der Waals surface area contributed by atoms with Gasteiger partial charge in [-0.3, -0.25) is 4.90 Å². The zero-order valence-corrected chi connectivity index (χ0v) is 12.4. The fourth-order valence-corrected chi connectivity index (χ4v) is 3.61. The minimum absolute atomic E-state index is 0. The lowest BCUT2D eigenvalue weighted by molar-refractivity contribution is 0.305. The molecule has 1 aromatic rings. The smallest absolute Gasteiger partial charge is 0.0424 e. The second-order valence-electron chi connectivity index (χ2n) is 5.15. The van der Waals surface area contributed by atoms with Gasteiger partial charge in [0.15, 0.2) is 0 Å². The van der Waals surface area contributed by atoms with Crippen molar-refractivity contribution in [1.29, 1.82) is 0 Å². The second kappa shape index (κ2) is 5.98. The first-order chi connectivity index (χ1) is 8.20. The maximum Gasteiger partial charge on any atom is 0.0424 e. The van der Waals surface area contributed by atoms with Crippen molar-refractivity contribution in [2.24, 2.45) is 11.8 Å². The Kier molecular flexibility index (Phi) is 4.79. The number of hydrogen-bond acceptors (Lipinski definition) is 2. The summed E-state index contributed by atoms with van der Waals surface area (Å²) in [6.45, 7) is 5.71. The summed E-state index contributed by atoms with van der Waals surface area (Å²) in [6.07, 6.45) is 0. The van der Waals surface area contributed by atoms with Crippen molar-refractivity contribution < 1.29 is 0 Å². The molecule has 100 valence electrons. The molecule has 0 aliphatic carbocycles. The van der Waals surface area contributed by atoms with Crippen LogP contribution in [0.4, 0.5) is 0 Å². The molecule has 5 heteroatoms. The van der Waals surface area contributed by atoms with E-state index < -0.39 is 0 Å². The van der Waals surface area contributed by atoms with Crippen LogP contribution in [0.5, 0.6) is 0 Å². The van der Waals surface area contributed by atoms with Gasteiger partial charge in [-0.1, -0.05) is 23.2 Å². The molecule has 2 heterocycles. The lowest BCUT2D eigenvalue weighted by Gasteiger charge is -2.17. The number of hydrogen-bond donors (Lipinski definition) is 1. The van der Waals surface area contributed by atoms with E-state index in [2.05, 4.69) is 10.2 Å². The van der Waals surface area contributed by atoms with E-state index in [1.54, 1.807) is 6.07 Å². The summed E-state index contributed by atoms with van der Waals surface area (Å²) in [4.78, 5) is 2.51. The first-order valence-corrected chi connectivity index (χ1v) is 6.84. The average molecular weight is 308 g/mol. The topological polar surface area (TPSA) is 15.3 Å². The van der Waals surface area contributed by atoms with Crippen LogP contribution in [0.3, 0.4) is 0 Å². The van der Waals surface area contributed by atoms with Gasteiger partial charge in [-0.05, 0) is 48.7 Å². The number of fused-ring (bicyclic) bond motifs is 1. The highest BCUT2D eigenvalue weighted by atomic mass is 35.5. The highest BCUT2D eigenvalue weighted by Crippen LogP contribution is 2.28. The molecule has 2 saturated heterocycles. The van der Waals surface area contributed by atoms with Crippen LogP contribution in [-0.2, 0) is 6.54 Å². The van der Waals surface area contributed by atoms with Crippen LogP contribution in [0.25, 0.3) is 0 Å². The Hall–Kier alpha value is 0.01000. The van der Waals surface area contributed by atoms with E-state index in [0.29, 0.717) is 0 Å². The van der Waals surface area contributed by atoms with Crippen molar-refractivity contribution in [2.75, 3.05) is 26.2 Å². The summed E-state index contributed by atoms with van der Waals surface area (Å²) in [5, 5.41) is 4.92. The largest absolute Gasteiger partial charge is 0.316 e. The Morgan fingerprint density at radius 1 is 1.06 bits per heavy atom. The third-order valence-electron chi connectivity index (χ3n) is 3.79. The fraction of sp³-hybridized carbons (Fsp3) is 0.538. The molecule has 1 N–H and O–H groups in total. The molecule has 1 aromatic carbocycles. The molecule has 0 saturated carbocycles. The van der Waals surface area contributed by atoms with Gasteiger partial charge in [0.2, 0.25) is 0 Å². The summed E-state index contributed by atoms with van der Waals surface area (Å²) >= 11 is 12.0. The number of nitrogens with zero attached hydrogens (tertiary/aromatic N) is 1. The van der Waals surface area contributed by atoms with Crippen molar-refractivity contribution in [1.82, 2.24) is 10.2 Å². The fourth-order valence-electron chi connectivity index (χ4n) is 3.04. The molecule has 0 aromatic heterocycles. The molecule has 2 aliphatic rings. The molecule has 0 bridgehead atoms. The zero-order chi connectivity index (χ0) is 11.8. The summed E-state index contributed by atoms with van der Waals surface area (Å²) < 4.78 is 0. The molecular weight excluding hydrogens is 291 g/mol. The van der Waals surface area contributed by atoms with Gasteiger partial charge in [-0.25, -0.2) is 0 Å². The van der Waals surface area contributed by atoms with Gasteiger partial charge in [-0.2, -0.15) is 0 Å². The van der Waals surface area contributed by atoms with Gasteiger partial charge in [0.25, 0.3) is 0 Å². The first-order valence-electron chi connectivity index (χ1n) is 6.09. The molecule has 2 fully saturated rings. The Morgan fingerprint density at radius 2 is 1.61 bits per heavy atom. The molecule has 0 spiro atoms. The second-order valence-corrected chi connectivity index (χ2v) is 6.02. The third kappa shape index (κ3) is 3.12. The summed E-state index contributed by atoms with van der Waals surface area (Å²) in [5.41, 5.74) is 1.22. The van der Waals surface area contributed by atoms with Gasteiger partial charge in [0, 0.05) is 29.7 Å². The highest BCUT2D eigenvalue weighted by molar-refractivity contribution is 6.34. The highest BCUT2D eigenvalue weighted by Gasteiger charge is 2.35. The van der Waals surface area contributed by atoms with Crippen molar-refractivity contribution >= 4 is 35.6 Å². The predicted octanol–water partition coefficient (Wildman–Crippen LogP) is 3.07. The standard InChI is InChI=1S/C13H16Cl2N2.ClH/c14-12-1-9(2-13(15)3-12)6-17-7-10-4-16-5-11(10)8-17;/h1-3,10-11,16H,4-8H2;1H/t10-,11+;. The lowest BCUT2D eigenvalue weighted by Crippen LogP contribution is -2.25. The van der Waals surface area contributed by atoms with Crippen LogP contribution < -0.4 is 5.32 Å². The molecule has 2 nitrogen and oxygen atoms in total. The molecule has 0 unspecified atom stereocenters. The minimum atomic E-state index is 0. The molecule has 2 atom stereocenters. The van der Waals surface area contributed by atoms with Crippen LogP contribution in [-0.4, -0.2) is 31.1 Å². The number of likely N-dealkylation sites (tertiary alicyclic amines) is 1. The van der Waals surface area contributed by atoms with E-state index >= 15 is 0 Å².